The van der Waals surface area contributed by atoms with Gasteiger partial charge >= 0.3 is 12.1 Å². The summed E-state index contributed by atoms with van der Waals surface area (Å²) in [6.07, 6.45) is 5.08. The minimum absolute atomic E-state index is 0.0875. The van der Waals surface area contributed by atoms with E-state index < -0.39 is 24.0 Å². The number of nitrogens with zero attached hydrogens (tertiary/aromatic N) is 3. The Balaban J connectivity index is 1.09. The molecule has 2 heterocycles. The number of nitrogens with one attached hydrogen (secondary N) is 3. The number of anilines is 2. The van der Waals surface area contributed by atoms with Crippen LogP contribution in [0.3, 0.4) is 0 Å². The molecule has 0 spiro atoms. The van der Waals surface area contributed by atoms with Crippen LogP contribution >= 0.6 is 22.6 Å². The van der Waals surface area contributed by atoms with E-state index >= 15 is 0 Å². The molecule has 0 unspecified atom stereocenters. The first-order valence-electron chi connectivity index (χ1n) is 14.7. The Morgan fingerprint density at radius 2 is 1.72 bits per heavy atom. The molecule has 1 aliphatic carbocycles. The molecule has 0 saturated heterocycles. The number of ether oxygens (including phenoxy) is 2. The Morgan fingerprint density at radius 1 is 1.00 bits per heavy atom. The van der Waals surface area contributed by atoms with Gasteiger partial charge in [-0.3, -0.25) is 9.20 Å². The van der Waals surface area contributed by atoms with Crippen molar-refractivity contribution >= 4 is 57.7 Å². The predicted octanol–water partition coefficient (Wildman–Crippen LogP) is 5.45. The number of aromatic nitrogens is 3. The lowest BCUT2D eigenvalue weighted by atomic mass is 9.98. The molecule has 12 heteroatoms. The summed E-state index contributed by atoms with van der Waals surface area (Å²) in [7, 11) is 1.22. The number of halogens is 1. The topological polar surface area (TPSA) is 136 Å². The van der Waals surface area contributed by atoms with Gasteiger partial charge in [0.2, 0.25) is 0 Å². The number of aryl methyl sites for hydroxylation is 1. The zero-order chi connectivity index (χ0) is 32.2. The summed E-state index contributed by atoms with van der Waals surface area (Å²) in [6.45, 7) is 1.84. The van der Waals surface area contributed by atoms with Gasteiger partial charge in [0, 0.05) is 36.1 Å². The van der Waals surface area contributed by atoms with Gasteiger partial charge in [0.05, 0.1) is 13.3 Å². The van der Waals surface area contributed by atoms with Gasteiger partial charge in [-0.1, -0.05) is 55.5 Å². The van der Waals surface area contributed by atoms with Gasteiger partial charge in [0.25, 0.3) is 5.91 Å². The van der Waals surface area contributed by atoms with E-state index in [4.69, 9.17) is 9.47 Å². The highest BCUT2D eigenvalue weighted by molar-refractivity contribution is 14.1. The van der Waals surface area contributed by atoms with Crippen molar-refractivity contribution < 1.29 is 23.9 Å². The molecule has 0 bridgehead atoms. The Kier molecular flexibility index (Phi) is 9.15. The van der Waals surface area contributed by atoms with Crippen LogP contribution in [0.25, 0.3) is 16.8 Å². The second-order valence-electron chi connectivity index (χ2n) is 10.7. The van der Waals surface area contributed by atoms with E-state index in [1.807, 2.05) is 60.0 Å². The van der Waals surface area contributed by atoms with Crippen LogP contribution in [0.2, 0.25) is 0 Å². The van der Waals surface area contributed by atoms with E-state index in [2.05, 4.69) is 60.6 Å². The van der Waals surface area contributed by atoms with Gasteiger partial charge < -0.3 is 25.4 Å². The minimum atomic E-state index is -1.15. The number of imidazole rings is 1. The first-order valence-corrected chi connectivity index (χ1v) is 15.8. The lowest BCUT2D eigenvalue weighted by Gasteiger charge is -2.19. The largest absolute Gasteiger partial charge is 0.467 e. The maximum absolute atomic E-state index is 13.3. The summed E-state index contributed by atoms with van der Waals surface area (Å²) in [5.41, 5.74) is 7.03. The molecule has 1 aliphatic rings. The fraction of sp³-hybridized carbons (Fsp3) is 0.206. The summed E-state index contributed by atoms with van der Waals surface area (Å²) in [5, 5.41) is 8.60. The van der Waals surface area contributed by atoms with Gasteiger partial charge in [-0.15, -0.1) is 0 Å². The highest BCUT2D eigenvalue weighted by Gasteiger charge is 2.30. The molecule has 0 saturated carbocycles. The molecular formula is C34H31IN6O5. The fourth-order valence-electron chi connectivity index (χ4n) is 5.71. The third-order valence-corrected chi connectivity index (χ3v) is 8.76. The maximum Gasteiger partial charge on any atom is 0.407 e. The first-order chi connectivity index (χ1) is 22.4. The van der Waals surface area contributed by atoms with E-state index in [1.165, 1.54) is 7.11 Å². The van der Waals surface area contributed by atoms with E-state index in [0.717, 1.165) is 37.2 Å². The number of carbonyl (C=O) groups is 3. The Hall–Kier alpha value is -4.98. The second kappa shape index (κ2) is 13.6. The Morgan fingerprint density at radius 3 is 2.41 bits per heavy atom. The summed E-state index contributed by atoms with van der Waals surface area (Å²) in [5.74, 6) is -0.648. The Labute approximate surface area is 278 Å². The van der Waals surface area contributed by atoms with Crippen molar-refractivity contribution in [1.82, 2.24) is 25.0 Å². The third kappa shape index (κ3) is 6.25. The van der Waals surface area contributed by atoms with E-state index in [1.54, 1.807) is 24.5 Å². The van der Waals surface area contributed by atoms with Gasteiger partial charge in [-0.05, 0) is 75.0 Å². The van der Waals surface area contributed by atoms with Crippen LogP contribution in [0.1, 0.15) is 39.9 Å². The van der Waals surface area contributed by atoms with Crippen LogP contribution in [-0.4, -0.2) is 58.6 Å². The van der Waals surface area contributed by atoms with Crippen molar-refractivity contribution in [3.8, 4) is 11.1 Å². The van der Waals surface area contributed by atoms with E-state index in [-0.39, 0.29) is 19.1 Å². The van der Waals surface area contributed by atoms with Crippen LogP contribution in [0.15, 0.2) is 85.3 Å². The molecule has 3 aromatic carbocycles. The molecule has 46 heavy (non-hydrogen) atoms. The lowest BCUT2D eigenvalue weighted by Crippen LogP contribution is -2.49. The highest BCUT2D eigenvalue weighted by atomic mass is 127. The lowest BCUT2D eigenvalue weighted by molar-refractivity contribution is -0.142. The Bertz CT molecular complexity index is 1900. The van der Waals surface area contributed by atoms with Gasteiger partial charge in [-0.2, -0.15) is 0 Å². The number of benzene rings is 3. The summed E-state index contributed by atoms with van der Waals surface area (Å²) >= 11 is 2.20. The molecular weight excluding hydrogens is 699 g/mol. The van der Waals surface area contributed by atoms with Crippen molar-refractivity contribution in [2.75, 3.05) is 25.6 Å². The molecule has 0 aliphatic heterocycles. The normalized spacial score (nSPS) is 12.6. The van der Waals surface area contributed by atoms with Crippen molar-refractivity contribution in [1.29, 1.82) is 0 Å². The maximum atomic E-state index is 13.3. The number of amides is 2. The van der Waals surface area contributed by atoms with Crippen LogP contribution in [0.4, 0.5) is 16.3 Å². The molecule has 0 radical (unpaired) electrons. The molecule has 2 amide bonds. The number of hydrogen-bond acceptors (Lipinski definition) is 8. The van der Waals surface area contributed by atoms with Crippen molar-refractivity contribution in [2.24, 2.45) is 0 Å². The van der Waals surface area contributed by atoms with Gasteiger partial charge in [0.15, 0.2) is 11.5 Å². The molecule has 5 aromatic rings. The number of alkyl carbamates (subject to hydrolysis) is 1. The van der Waals surface area contributed by atoms with Gasteiger partial charge in [0.1, 0.15) is 16.3 Å². The second-order valence-corrected chi connectivity index (χ2v) is 11.8. The fourth-order valence-corrected chi connectivity index (χ4v) is 6.24. The van der Waals surface area contributed by atoms with Crippen LogP contribution in [0, 0.1) is 3.70 Å². The number of rotatable bonds is 10. The minimum Gasteiger partial charge on any atom is -0.467 e. The standard InChI is InChI=1S/C34H31IN6O5/c1-3-20-16-21(39-30-31-37-18-29(35)41(31)15-14-36-30)12-13-22(20)32(42)38-17-28(33(43)45-2)40-34(44)46-19-27-25-10-6-4-8-23(25)24-9-5-7-11-26(24)27/h4-16,18,27-28H,3,17,19H2,1-2H3,(H,36,39)(H,38,42)(H,40,44)/t28-/m0/s1. The SMILES string of the molecule is CCc1cc(Nc2nccn3c(I)cnc23)ccc1C(=O)NC[C@H](NC(=O)OCC1c2ccccc2-c2ccccc21)C(=O)OC. The number of methoxy groups -OCH3 is 1. The third-order valence-electron chi connectivity index (χ3n) is 7.96. The van der Waals surface area contributed by atoms with Gasteiger partial charge in [-0.25, -0.2) is 19.6 Å². The molecule has 1 atom stereocenters. The quantitative estimate of drug-likeness (QED) is 0.128. The molecule has 0 fully saturated rings. The van der Waals surface area contributed by atoms with Crippen LogP contribution < -0.4 is 16.0 Å². The summed E-state index contributed by atoms with van der Waals surface area (Å²) in [4.78, 5) is 47.5. The predicted molar refractivity (Wildman–Crippen MR) is 181 cm³/mol. The first kappa shape index (κ1) is 31.0. The zero-order valence-corrected chi connectivity index (χ0v) is 27.3. The van der Waals surface area contributed by atoms with Crippen LogP contribution in [-0.2, 0) is 20.7 Å². The number of carbonyl (C=O) groups excluding carboxylic acids is 3. The zero-order valence-electron chi connectivity index (χ0n) is 25.1. The molecule has 11 nitrogen and oxygen atoms in total. The van der Waals surface area contributed by atoms with Crippen molar-refractivity contribution in [3.63, 3.8) is 0 Å². The van der Waals surface area contributed by atoms with E-state index in [0.29, 0.717) is 23.4 Å². The molecule has 3 N–H and O–H groups in total. The average Bonchev–Trinajstić information content (AvgIpc) is 3.63. The molecule has 6 rings (SSSR count). The number of hydrogen-bond donors (Lipinski definition) is 3. The summed E-state index contributed by atoms with van der Waals surface area (Å²) in [6, 6.07) is 20.3. The highest BCUT2D eigenvalue weighted by Crippen LogP contribution is 2.44. The molecule has 2 aromatic heterocycles. The monoisotopic (exact) mass is 730 g/mol. The average molecular weight is 731 g/mol. The van der Waals surface area contributed by atoms with E-state index in [9.17, 15) is 14.4 Å². The smallest absolute Gasteiger partial charge is 0.407 e. The number of fused-ring (bicyclic) bond motifs is 4. The van der Waals surface area contributed by atoms with Crippen molar-refractivity contribution in [2.45, 2.75) is 25.3 Å². The van der Waals surface area contributed by atoms with Crippen molar-refractivity contribution in [3.05, 3.63) is 111 Å². The summed E-state index contributed by atoms with van der Waals surface area (Å²) < 4.78 is 13.4. The molecule has 234 valence electrons. The van der Waals surface area contributed by atoms with Crippen LogP contribution in [0.5, 0.6) is 0 Å². The number of esters is 1.